The van der Waals surface area contributed by atoms with Gasteiger partial charge in [-0.2, -0.15) is 4.31 Å². The molecule has 2 rings (SSSR count). The van der Waals surface area contributed by atoms with Gasteiger partial charge in [0.15, 0.2) is 0 Å². The molecule has 6 heteroatoms. The molecule has 0 N–H and O–H groups in total. The molecule has 5 nitrogen and oxygen atoms in total. The quantitative estimate of drug-likeness (QED) is 0.722. The Hall–Kier alpha value is -0.880. The Morgan fingerprint density at radius 3 is 2.63 bits per heavy atom. The van der Waals surface area contributed by atoms with Gasteiger partial charge in [0.05, 0.1) is 6.26 Å². The first-order chi connectivity index (χ1) is 8.88. The lowest BCUT2D eigenvalue weighted by Crippen LogP contribution is -2.55. The normalized spacial score (nSPS) is 28.8. The van der Waals surface area contributed by atoms with E-state index in [1.54, 1.807) is 4.90 Å². The number of hydrogen-bond acceptors (Lipinski definition) is 3. The SMILES string of the molecule is C[C@H]1CN(C(=O)C[C@H]2C=CCC2)CCN1S(C)(=O)=O. The second-order valence-electron chi connectivity index (χ2n) is 5.53. The van der Waals surface area contributed by atoms with Crippen molar-refractivity contribution in [2.24, 2.45) is 5.92 Å². The van der Waals surface area contributed by atoms with Gasteiger partial charge in [-0.3, -0.25) is 4.79 Å². The molecule has 0 unspecified atom stereocenters. The zero-order valence-electron chi connectivity index (χ0n) is 11.6. The molecule has 1 saturated heterocycles. The largest absolute Gasteiger partial charge is 0.340 e. The van der Waals surface area contributed by atoms with Crippen LogP contribution in [0.15, 0.2) is 12.2 Å². The summed E-state index contributed by atoms with van der Waals surface area (Å²) in [6, 6.07) is -0.133. The van der Waals surface area contributed by atoms with Crippen LogP contribution in [0.4, 0.5) is 0 Å². The molecule has 0 saturated carbocycles. The maximum Gasteiger partial charge on any atom is 0.223 e. The van der Waals surface area contributed by atoms with E-state index in [0.29, 0.717) is 32.0 Å². The zero-order valence-corrected chi connectivity index (χ0v) is 12.4. The number of allylic oxidation sites excluding steroid dienone is 2. The molecule has 0 aromatic heterocycles. The molecule has 1 aliphatic heterocycles. The Kier molecular flexibility index (Phi) is 4.30. The standard InChI is InChI=1S/C13H22N2O3S/c1-11-10-14(7-8-15(11)19(2,17)18)13(16)9-12-5-3-4-6-12/h3,5,11-12H,4,6-10H2,1-2H3/t11-,12-/m0/s1. The van der Waals surface area contributed by atoms with Crippen molar-refractivity contribution in [3.63, 3.8) is 0 Å². The number of sulfonamides is 1. The van der Waals surface area contributed by atoms with Crippen LogP contribution in [0, 0.1) is 5.92 Å². The maximum absolute atomic E-state index is 12.2. The Morgan fingerprint density at radius 2 is 2.11 bits per heavy atom. The highest BCUT2D eigenvalue weighted by atomic mass is 32.2. The number of carbonyl (C=O) groups is 1. The molecule has 0 spiro atoms. The molecule has 108 valence electrons. The van der Waals surface area contributed by atoms with Crippen LogP contribution < -0.4 is 0 Å². The van der Waals surface area contributed by atoms with Crippen LogP contribution in [0.1, 0.15) is 26.2 Å². The predicted octanol–water partition coefficient (Wildman–Crippen LogP) is 0.835. The Labute approximate surface area is 115 Å². The molecule has 1 heterocycles. The van der Waals surface area contributed by atoms with Gasteiger partial charge in [-0.1, -0.05) is 12.2 Å². The lowest BCUT2D eigenvalue weighted by atomic mass is 10.0. The second kappa shape index (κ2) is 5.63. The van der Waals surface area contributed by atoms with Crippen LogP contribution in [0.3, 0.4) is 0 Å². The summed E-state index contributed by atoms with van der Waals surface area (Å²) in [5, 5.41) is 0. The van der Waals surface area contributed by atoms with Crippen molar-refractivity contribution in [1.82, 2.24) is 9.21 Å². The first-order valence-electron chi connectivity index (χ1n) is 6.79. The molecular formula is C13H22N2O3S. The van der Waals surface area contributed by atoms with E-state index in [4.69, 9.17) is 0 Å². The Morgan fingerprint density at radius 1 is 1.37 bits per heavy atom. The summed E-state index contributed by atoms with van der Waals surface area (Å²) >= 11 is 0. The summed E-state index contributed by atoms with van der Waals surface area (Å²) in [5.74, 6) is 0.521. The average molecular weight is 286 g/mol. The van der Waals surface area contributed by atoms with Gasteiger partial charge < -0.3 is 4.90 Å². The van der Waals surface area contributed by atoms with E-state index in [2.05, 4.69) is 12.2 Å². The van der Waals surface area contributed by atoms with Gasteiger partial charge in [-0.05, 0) is 25.7 Å². The van der Waals surface area contributed by atoms with Crippen molar-refractivity contribution >= 4 is 15.9 Å². The number of carbonyl (C=O) groups excluding carboxylic acids is 1. The third kappa shape index (κ3) is 3.57. The molecule has 0 bridgehead atoms. The molecular weight excluding hydrogens is 264 g/mol. The van der Waals surface area contributed by atoms with Gasteiger partial charge >= 0.3 is 0 Å². The number of piperazine rings is 1. The highest BCUT2D eigenvalue weighted by molar-refractivity contribution is 7.88. The van der Waals surface area contributed by atoms with Gasteiger partial charge in [-0.15, -0.1) is 0 Å². The van der Waals surface area contributed by atoms with E-state index in [0.717, 1.165) is 12.8 Å². The van der Waals surface area contributed by atoms with Crippen molar-refractivity contribution < 1.29 is 13.2 Å². The molecule has 2 atom stereocenters. The number of hydrogen-bond donors (Lipinski definition) is 0. The smallest absolute Gasteiger partial charge is 0.223 e. The highest BCUT2D eigenvalue weighted by Crippen LogP contribution is 2.22. The van der Waals surface area contributed by atoms with Crippen molar-refractivity contribution in [3.8, 4) is 0 Å². The van der Waals surface area contributed by atoms with Crippen LogP contribution in [-0.4, -0.2) is 55.5 Å². The predicted molar refractivity (Wildman–Crippen MR) is 74.1 cm³/mol. The molecule has 0 aromatic rings. The minimum atomic E-state index is -3.16. The van der Waals surface area contributed by atoms with Gasteiger partial charge in [0.1, 0.15) is 0 Å². The van der Waals surface area contributed by atoms with Crippen molar-refractivity contribution in [1.29, 1.82) is 0 Å². The fraction of sp³-hybridized carbons (Fsp3) is 0.769. The van der Waals surface area contributed by atoms with Crippen LogP contribution in [0.5, 0.6) is 0 Å². The van der Waals surface area contributed by atoms with E-state index in [1.807, 2.05) is 6.92 Å². The summed E-state index contributed by atoms with van der Waals surface area (Å²) in [4.78, 5) is 14.0. The summed E-state index contributed by atoms with van der Waals surface area (Å²) < 4.78 is 24.6. The van der Waals surface area contributed by atoms with E-state index in [9.17, 15) is 13.2 Å². The monoisotopic (exact) mass is 286 g/mol. The fourth-order valence-corrected chi connectivity index (χ4v) is 4.01. The number of amides is 1. The van der Waals surface area contributed by atoms with Crippen molar-refractivity contribution in [2.75, 3.05) is 25.9 Å². The molecule has 19 heavy (non-hydrogen) atoms. The van der Waals surface area contributed by atoms with Crippen LogP contribution in [-0.2, 0) is 14.8 Å². The molecule has 1 aliphatic carbocycles. The number of rotatable bonds is 3. The lowest BCUT2D eigenvalue weighted by Gasteiger charge is -2.38. The highest BCUT2D eigenvalue weighted by Gasteiger charge is 2.32. The Balaban J connectivity index is 1.90. The molecule has 2 aliphatic rings. The summed E-state index contributed by atoms with van der Waals surface area (Å²) in [6.45, 7) is 3.28. The lowest BCUT2D eigenvalue weighted by molar-refractivity contribution is -0.133. The van der Waals surface area contributed by atoms with Crippen LogP contribution in [0.25, 0.3) is 0 Å². The average Bonchev–Trinajstić information content (AvgIpc) is 2.79. The van der Waals surface area contributed by atoms with Crippen LogP contribution in [0.2, 0.25) is 0 Å². The van der Waals surface area contributed by atoms with Crippen molar-refractivity contribution in [3.05, 3.63) is 12.2 Å². The third-order valence-electron chi connectivity index (χ3n) is 3.89. The first kappa shape index (κ1) is 14.5. The Bertz CT molecular complexity index is 472. The second-order valence-corrected chi connectivity index (χ2v) is 7.47. The van der Waals surface area contributed by atoms with Gasteiger partial charge in [0.25, 0.3) is 0 Å². The van der Waals surface area contributed by atoms with E-state index < -0.39 is 10.0 Å². The van der Waals surface area contributed by atoms with E-state index in [-0.39, 0.29) is 11.9 Å². The fourth-order valence-electron chi connectivity index (χ4n) is 2.88. The minimum Gasteiger partial charge on any atom is -0.340 e. The van der Waals surface area contributed by atoms with Crippen molar-refractivity contribution in [2.45, 2.75) is 32.2 Å². The van der Waals surface area contributed by atoms with E-state index >= 15 is 0 Å². The molecule has 1 fully saturated rings. The minimum absolute atomic E-state index is 0.133. The van der Waals surface area contributed by atoms with E-state index in [1.165, 1.54) is 10.6 Å². The summed E-state index contributed by atoms with van der Waals surface area (Å²) in [5.41, 5.74) is 0. The first-order valence-corrected chi connectivity index (χ1v) is 8.64. The van der Waals surface area contributed by atoms with Gasteiger partial charge in [-0.25, -0.2) is 8.42 Å². The maximum atomic E-state index is 12.2. The summed E-state index contributed by atoms with van der Waals surface area (Å²) in [6.07, 6.45) is 8.16. The molecule has 1 amide bonds. The topological polar surface area (TPSA) is 57.7 Å². The third-order valence-corrected chi connectivity index (χ3v) is 5.29. The summed E-state index contributed by atoms with van der Waals surface area (Å²) in [7, 11) is -3.16. The number of nitrogens with zero attached hydrogens (tertiary/aromatic N) is 2. The molecule has 0 radical (unpaired) electrons. The molecule has 0 aromatic carbocycles. The van der Waals surface area contributed by atoms with Gasteiger partial charge in [0, 0.05) is 32.1 Å². The zero-order chi connectivity index (χ0) is 14.0. The van der Waals surface area contributed by atoms with Gasteiger partial charge in [0.2, 0.25) is 15.9 Å². The van der Waals surface area contributed by atoms with Crippen LogP contribution >= 0.6 is 0 Å².